The molecule has 0 radical (unpaired) electrons. The minimum absolute atomic E-state index is 0.382. The molecule has 0 atom stereocenters. The lowest BCUT2D eigenvalue weighted by Crippen LogP contribution is -1.96. The molecule has 0 aliphatic heterocycles. The number of nitrogens with zero attached hydrogens (tertiary/aromatic N) is 3. The number of hydrogen-bond donors (Lipinski definition) is 0. The van der Waals surface area contributed by atoms with Crippen molar-refractivity contribution in [3.05, 3.63) is 54.4 Å². The molecule has 1 aromatic carbocycles. The smallest absolute Gasteiger partial charge is 0.137 e. The third-order valence-electron chi connectivity index (χ3n) is 3.59. The summed E-state index contributed by atoms with van der Waals surface area (Å²) >= 11 is 0. The molecule has 1 saturated carbocycles. The van der Waals surface area contributed by atoms with Gasteiger partial charge < -0.3 is 4.74 Å². The molecule has 0 bridgehead atoms. The van der Waals surface area contributed by atoms with E-state index in [2.05, 4.69) is 11.1 Å². The van der Waals surface area contributed by atoms with Crippen molar-refractivity contribution in [2.24, 2.45) is 0 Å². The Balaban J connectivity index is 1.80. The SMILES string of the molecule is N#Cc1ccc2ncc(-c3cccc(OC4CC4)c3)n2c1. The molecular weight excluding hydrogens is 262 g/mol. The zero-order valence-electron chi connectivity index (χ0n) is 11.4. The fraction of sp³-hybridized carbons (Fsp3) is 0.176. The molecule has 0 N–H and O–H groups in total. The predicted octanol–water partition coefficient (Wildman–Crippen LogP) is 3.41. The minimum Gasteiger partial charge on any atom is -0.490 e. The Bertz CT molecular complexity index is 856. The topological polar surface area (TPSA) is 50.3 Å². The molecule has 21 heavy (non-hydrogen) atoms. The Hall–Kier alpha value is -2.80. The van der Waals surface area contributed by atoms with Crippen LogP contribution in [0.3, 0.4) is 0 Å². The van der Waals surface area contributed by atoms with Gasteiger partial charge in [0.1, 0.15) is 17.5 Å². The van der Waals surface area contributed by atoms with Crippen LogP contribution in [0.25, 0.3) is 16.9 Å². The monoisotopic (exact) mass is 275 g/mol. The van der Waals surface area contributed by atoms with Gasteiger partial charge >= 0.3 is 0 Å². The number of pyridine rings is 1. The van der Waals surface area contributed by atoms with Gasteiger partial charge in [0.25, 0.3) is 0 Å². The molecule has 2 heterocycles. The quantitative estimate of drug-likeness (QED) is 0.736. The summed E-state index contributed by atoms with van der Waals surface area (Å²) in [6, 6.07) is 13.8. The fourth-order valence-electron chi connectivity index (χ4n) is 2.37. The van der Waals surface area contributed by atoms with Gasteiger partial charge in [0.15, 0.2) is 0 Å². The summed E-state index contributed by atoms with van der Waals surface area (Å²) in [6.07, 6.45) is 6.31. The molecule has 0 unspecified atom stereocenters. The van der Waals surface area contributed by atoms with Gasteiger partial charge in [-0.25, -0.2) is 4.98 Å². The molecule has 0 amide bonds. The third-order valence-corrected chi connectivity index (χ3v) is 3.59. The fourth-order valence-corrected chi connectivity index (χ4v) is 2.37. The number of fused-ring (bicyclic) bond motifs is 1. The highest BCUT2D eigenvalue weighted by molar-refractivity contribution is 5.65. The van der Waals surface area contributed by atoms with Crippen LogP contribution in [0.5, 0.6) is 5.75 Å². The second-order valence-electron chi connectivity index (χ2n) is 5.25. The van der Waals surface area contributed by atoms with Gasteiger partial charge in [-0.1, -0.05) is 12.1 Å². The van der Waals surface area contributed by atoms with Crippen LogP contribution in [0.4, 0.5) is 0 Å². The van der Waals surface area contributed by atoms with Gasteiger partial charge in [-0.2, -0.15) is 5.26 Å². The van der Waals surface area contributed by atoms with Crippen molar-refractivity contribution in [2.45, 2.75) is 18.9 Å². The Kier molecular flexibility index (Phi) is 2.65. The van der Waals surface area contributed by atoms with Crippen LogP contribution >= 0.6 is 0 Å². The molecule has 1 fully saturated rings. The van der Waals surface area contributed by atoms with Crippen molar-refractivity contribution >= 4 is 5.65 Å². The van der Waals surface area contributed by atoms with Crippen LogP contribution in [-0.4, -0.2) is 15.5 Å². The second-order valence-corrected chi connectivity index (χ2v) is 5.25. The van der Waals surface area contributed by atoms with Gasteiger partial charge in [0, 0.05) is 11.8 Å². The number of nitriles is 1. The van der Waals surface area contributed by atoms with E-state index < -0.39 is 0 Å². The van der Waals surface area contributed by atoms with Gasteiger partial charge in [-0.3, -0.25) is 4.40 Å². The Morgan fingerprint density at radius 2 is 2.14 bits per heavy atom. The van der Waals surface area contributed by atoms with Crippen LogP contribution in [0.15, 0.2) is 48.8 Å². The zero-order chi connectivity index (χ0) is 14.2. The highest BCUT2D eigenvalue weighted by Gasteiger charge is 2.23. The molecule has 1 aliphatic carbocycles. The number of hydrogen-bond acceptors (Lipinski definition) is 3. The molecule has 4 heteroatoms. The lowest BCUT2D eigenvalue weighted by Gasteiger charge is -2.07. The average molecular weight is 275 g/mol. The predicted molar refractivity (Wildman–Crippen MR) is 79.0 cm³/mol. The molecule has 1 aliphatic rings. The number of imidazole rings is 1. The summed E-state index contributed by atoms with van der Waals surface area (Å²) in [5.74, 6) is 0.890. The maximum Gasteiger partial charge on any atom is 0.137 e. The zero-order valence-corrected chi connectivity index (χ0v) is 11.4. The molecule has 3 aromatic rings. The van der Waals surface area contributed by atoms with Crippen LogP contribution in [0.2, 0.25) is 0 Å². The number of benzene rings is 1. The van der Waals surface area contributed by atoms with Crippen molar-refractivity contribution in [3.63, 3.8) is 0 Å². The van der Waals surface area contributed by atoms with Crippen molar-refractivity contribution in [3.8, 4) is 23.1 Å². The molecule has 4 rings (SSSR count). The van der Waals surface area contributed by atoms with Crippen LogP contribution in [0.1, 0.15) is 18.4 Å². The van der Waals surface area contributed by atoms with Gasteiger partial charge in [0.05, 0.1) is 23.6 Å². The van der Waals surface area contributed by atoms with E-state index in [4.69, 9.17) is 10.00 Å². The summed E-state index contributed by atoms with van der Waals surface area (Å²) in [4.78, 5) is 4.39. The van der Waals surface area contributed by atoms with Crippen molar-refractivity contribution < 1.29 is 4.74 Å². The first-order valence-corrected chi connectivity index (χ1v) is 6.98. The average Bonchev–Trinajstić information content (AvgIpc) is 3.23. The number of rotatable bonds is 3. The summed E-state index contributed by atoms with van der Waals surface area (Å²) in [7, 11) is 0. The Labute approximate surface area is 122 Å². The van der Waals surface area contributed by atoms with Crippen molar-refractivity contribution in [1.82, 2.24) is 9.38 Å². The van der Waals surface area contributed by atoms with Crippen LogP contribution < -0.4 is 4.74 Å². The lowest BCUT2D eigenvalue weighted by atomic mass is 10.1. The van der Waals surface area contributed by atoms with Crippen LogP contribution in [-0.2, 0) is 0 Å². The summed E-state index contributed by atoms with van der Waals surface area (Å²) in [5, 5.41) is 9.04. The van der Waals surface area contributed by atoms with Crippen LogP contribution in [0, 0.1) is 11.3 Å². The number of ether oxygens (including phenoxy) is 1. The number of aromatic nitrogens is 2. The van der Waals surface area contributed by atoms with Crippen molar-refractivity contribution in [2.75, 3.05) is 0 Å². The third kappa shape index (κ3) is 2.23. The summed E-state index contributed by atoms with van der Waals surface area (Å²) in [5.41, 5.74) is 3.45. The van der Waals surface area contributed by atoms with E-state index >= 15 is 0 Å². The van der Waals surface area contributed by atoms with E-state index in [1.54, 1.807) is 6.07 Å². The maximum atomic E-state index is 9.04. The highest BCUT2D eigenvalue weighted by atomic mass is 16.5. The van der Waals surface area contributed by atoms with E-state index in [0.29, 0.717) is 11.7 Å². The standard InChI is InChI=1S/C17H13N3O/c18-9-12-4-7-17-19-10-16(20(17)11-12)13-2-1-3-15(8-13)21-14-5-6-14/h1-4,7-8,10-11,14H,5-6H2. The van der Waals surface area contributed by atoms with Crippen molar-refractivity contribution in [1.29, 1.82) is 5.26 Å². The highest BCUT2D eigenvalue weighted by Crippen LogP contribution is 2.30. The molecule has 0 saturated heterocycles. The van der Waals surface area contributed by atoms with E-state index in [-0.39, 0.29) is 0 Å². The molecule has 0 spiro atoms. The van der Waals surface area contributed by atoms with E-state index in [1.807, 2.05) is 47.1 Å². The first-order chi connectivity index (χ1) is 10.3. The maximum absolute atomic E-state index is 9.04. The molecule has 102 valence electrons. The molecule has 2 aromatic heterocycles. The summed E-state index contributed by atoms with van der Waals surface area (Å²) < 4.78 is 7.78. The molecular formula is C17H13N3O. The normalized spacial score (nSPS) is 14.0. The van der Waals surface area contributed by atoms with Gasteiger partial charge in [0.2, 0.25) is 0 Å². The second kappa shape index (κ2) is 4.64. The summed E-state index contributed by atoms with van der Waals surface area (Å²) in [6.45, 7) is 0. The van der Waals surface area contributed by atoms with Gasteiger partial charge in [-0.15, -0.1) is 0 Å². The van der Waals surface area contributed by atoms with E-state index in [9.17, 15) is 0 Å². The Morgan fingerprint density at radius 3 is 2.95 bits per heavy atom. The van der Waals surface area contributed by atoms with E-state index in [0.717, 1.165) is 35.5 Å². The lowest BCUT2D eigenvalue weighted by molar-refractivity contribution is 0.303. The largest absolute Gasteiger partial charge is 0.490 e. The first-order valence-electron chi connectivity index (χ1n) is 6.98. The van der Waals surface area contributed by atoms with Gasteiger partial charge in [-0.05, 0) is 37.1 Å². The molecule has 4 nitrogen and oxygen atoms in total. The minimum atomic E-state index is 0.382. The Morgan fingerprint density at radius 1 is 1.24 bits per heavy atom. The van der Waals surface area contributed by atoms with E-state index in [1.165, 1.54) is 0 Å². The first kappa shape index (κ1) is 12.0.